The fraction of sp³-hybridized carbons (Fsp3) is 0.297. The Morgan fingerprint density at radius 2 is 1.48 bits per heavy atom. The highest BCUT2D eigenvalue weighted by Crippen LogP contribution is 2.29. The van der Waals surface area contributed by atoms with Gasteiger partial charge in [0.15, 0.2) is 0 Å². The quantitative estimate of drug-likeness (QED) is 0.167. The maximum atomic E-state index is 14.6. The van der Waals surface area contributed by atoms with Gasteiger partial charge in [0, 0.05) is 24.0 Å². The Kier molecular flexibility index (Phi) is 11.7. The highest BCUT2D eigenvalue weighted by molar-refractivity contribution is 7.92. The normalized spacial score (nSPS) is 12.7. The Morgan fingerprint density at radius 1 is 0.848 bits per heavy atom. The zero-order valence-electron chi connectivity index (χ0n) is 27.0. The summed E-state index contributed by atoms with van der Waals surface area (Å²) in [6.07, 6.45) is 0.936. The minimum absolute atomic E-state index is 0.00916. The molecule has 0 aliphatic carbocycles. The molecular formula is C37H42ClN3O4S. The van der Waals surface area contributed by atoms with Gasteiger partial charge in [-0.15, -0.1) is 0 Å². The number of hydrogen-bond donors (Lipinski definition) is 1. The molecule has 0 fully saturated rings. The summed E-state index contributed by atoms with van der Waals surface area (Å²) in [4.78, 5) is 30.1. The largest absolute Gasteiger partial charge is 0.352 e. The van der Waals surface area contributed by atoms with Gasteiger partial charge in [0.2, 0.25) is 11.8 Å². The Balaban J connectivity index is 1.84. The molecule has 0 bridgehead atoms. The lowest BCUT2D eigenvalue weighted by Gasteiger charge is -2.34. The summed E-state index contributed by atoms with van der Waals surface area (Å²) >= 11 is 6.58. The number of anilines is 1. The number of benzene rings is 4. The van der Waals surface area contributed by atoms with Crippen molar-refractivity contribution in [2.75, 3.05) is 10.8 Å². The van der Waals surface area contributed by atoms with Crippen LogP contribution in [0.5, 0.6) is 0 Å². The molecular weight excluding hydrogens is 618 g/mol. The van der Waals surface area contributed by atoms with Crippen LogP contribution in [0.1, 0.15) is 48.1 Å². The van der Waals surface area contributed by atoms with Crippen molar-refractivity contribution in [1.29, 1.82) is 0 Å². The number of aryl methyl sites for hydroxylation is 3. The van der Waals surface area contributed by atoms with Crippen molar-refractivity contribution in [3.05, 3.63) is 130 Å². The van der Waals surface area contributed by atoms with E-state index in [-0.39, 0.29) is 29.8 Å². The van der Waals surface area contributed by atoms with Gasteiger partial charge in [-0.05, 0) is 75.1 Å². The summed E-state index contributed by atoms with van der Waals surface area (Å²) in [6.45, 7) is 9.00. The van der Waals surface area contributed by atoms with Crippen LogP contribution in [0.4, 0.5) is 5.69 Å². The van der Waals surface area contributed by atoms with Crippen molar-refractivity contribution < 1.29 is 18.0 Å². The molecule has 2 unspecified atom stereocenters. The number of halogens is 1. The smallest absolute Gasteiger partial charge is 0.264 e. The first kappa shape index (κ1) is 34.7. The van der Waals surface area contributed by atoms with Gasteiger partial charge in [-0.25, -0.2) is 8.42 Å². The highest BCUT2D eigenvalue weighted by Gasteiger charge is 2.35. The molecule has 0 aromatic heterocycles. The van der Waals surface area contributed by atoms with Crippen LogP contribution in [0.15, 0.2) is 102 Å². The van der Waals surface area contributed by atoms with E-state index in [1.165, 1.54) is 4.90 Å². The summed E-state index contributed by atoms with van der Waals surface area (Å²) in [5.74, 6) is -0.853. The van der Waals surface area contributed by atoms with Crippen molar-refractivity contribution in [2.45, 2.75) is 71.0 Å². The van der Waals surface area contributed by atoms with Crippen molar-refractivity contribution in [2.24, 2.45) is 0 Å². The number of carbonyl (C=O) groups is 2. The van der Waals surface area contributed by atoms with Crippen LogP contribution >= 0.6 is 11.6 Å². The van der Waals surface area contributed by atoms with E-state index in [1.54, 1.807) is 48.5 Å². The monoisotopic (exact) mass is 659 g/mol. The van der Waals surface area contributed by atoms with Gasteiger partial charge in [-0.3, -0.25) is 13.9 Å². The lowest BCUT2D eigenvalue weighted by molar-refractivity contribution is -0.140. The average Bonchev–Trinajstić information content (AvgIpc) is 3.03. The van der Waals surface area contributed by atoms with E-state index in [4.69, 9.17) is 11.6 Å². The fourth-order valence-electron chi connectivity index (χ4n) is 5.24. The first-order valence-corrected chi connectivity index (χ1v) is 17.3. The molecule has 0 heterocycles. The lowest BCUT2D eigenvalue weighted by Crippen LogP contribution is -2.54. The van der Waals surface area contributed by atoms with E-state index in [0.29, 0.717) is 28.3 Å². The van der Waals surface area contributed by atoms with Gasteiger partial charge < -0.3 is 10.2 Å². The van der Waals surface area contributed by atoms with Gasteiger partial charge in [-0.2, -0.15) is 0 Å². The Bertz CT molecular complexity index is 1760. The number of hydrogen-bond acceptors (Lipinski definition) is 4. The molecule has 242 valence electrons. The predicted molar refractivity (Wildman–Crippen MR) is 185 cm³/mol. The highest BCUT2D eigenvalue weighted by atomic mass is 35.5. The predicted octanol–water partition coefficient (Wildman–Crippen LogP) is 7.02. The number of nitrogens with zero attached hydrogens (tertiary/aromatic N) is 2. The Morgan fingerprint density at radius 3 is 2.11 bits per heavy atom. The van der Waals surface area contributed by atoms with Gasteiger partial charge in [0.25, 0.3) is 10.0 Å². The van der Waals surface area contributed by atoms with E-state index in [1.807, 2.05) is 83.1 Å². The van der Waals surface area contributed by atoms with E-state index in [9.17, 15) is 18.0 Å². The third kappa shape index (κ3) is 8.56. The van der Waals surface area contributed by atoms with Crippen LogP contribution < -0.4 is 9.62 Å². The van der Waals surface area contributed by atoms with Crippen LogP contribution in [-0.2, 0) is 32.6 Å². The number of carbonyl (C=O) groups excluding carboxylic acids is 2. The topological polar surface area (TPSA) is 86.8 Å². The molecule has 0 spiro atoms. The van der Waals surface area contributed by atoms with Crippen LogP contribution in [-0.4, -0.2) is 43.8 Å². The molecule has 0 saturated carbocycles. The molecule has 0 radical (unpaired) electrons. The Labute approximate surface area is 278 Å². The number of rotatable bonds is 13. The molecule has 1 N–H and O–H groups in total. The third-order valence-corrected chi connectivity index (χ3v) is 10.2. The fourth-order valence-corrected chi connectivity index (χ4v) is 6.92. The van der Waals surface area contributed by atoms with Gasteiger partial charge in [0.05, 0.1) is 10.6 Å². The second-order valence-corrected chi connectivity index (χ2v) is 14.0. The van der Waals surface area contributed by atoms with Crippen LogP contribution in [0.3, 0.4) is 0 Å². The molecule has 2 amide bonds. The number of nitrogens with one attached hydrogen (secondary N) is 1. The lowest BCUT2D eigenvalue weighted by atomic mass is 10.0. The molecule has 0 saturated heterocycles. The molecule has 4 aromatic rings. The van der Waals surface area contributed by atoms with Gasteiger partial charge in [0.1, 0.15) is 12.6 Å². The second-order valence-electron chi connectivity index (χ2n) is 11.8. The van der Waals surface area contributed by atoms with Crippen molar-refractivity contribution in [3.63, 3.8) is 0 Å². The molecule has 4 rings (SSSR count). The average molecular weight is 660 g/mol. The molecule has 46 heavy (non-hydrogen) atoms. The van der Waals surface area contributed by atoms with E-state index >= 15 is 0 Å². The van der Waals surface area contributed by atoms with Gasteiger partial charge in [-0.1, -0.05) is 102 Å². The number of amides is 2. The van der Waals surface area contributed by atoms with E-state index < -0.39 is 28.5 Å². The molecule has 0 aliphatic rings. The molecule has 9 heteroatoms. The maximum absolute atomic E-state index is 14.6. The van der Waals surface area contributed by atoms with Crippen molar-refractivity contribution in [1.82, 2.24) is 10.2 Å². The van der Waals surface area contributed by atoms with E-state index in [0.717, 1.165) is 21.0 Å². The van der Waals surface area contributed by atoms with Crippen LogP contribution in [0, 0.1) is 20.8 Å². The maximum Gasteiger partial charge on any atom is 0.264 e. The first-order chi connectivity index (χ1) is 21.9. The Hall–Kier alpha value is -4.14. The van der Waals surface area contributed by atoms with Crippen LogP contribution in [0.2, 0.25) is 5.02 Å². The standard InChI is InChI=1S/C37H42ClN3O4S/c1-6-29(5)39-37(43)35(23-30-12-8-7-9-13-30)40(24-31-14-10-11-15-33(31)38)36(42)25-41(34-21-18-27(3)22-28(34)4)46(44,45)32-19-16-26(2)17-20-32/h7-22,29,35H,6,23-25H2,1-5H3,(H,39,43). The minimum atomic E-state index is -4.18. The summed E-state index contributed by atoms with van der Waals surface area (Å²) in [5, 5.41) is 3.49. The van der Waals surface area contributed by atoms with Crippen LogP contribution in [0.25, 0.3) is 0 Å². The molecule has 0 aliphatic heterocycles. The molecule has 7 nitrogen and oxygen atoms in total. The summed E-state index contributed by atoms with van der Waals surface area (Å²) in [5.41, 5.74) is 4.48. The minimum Gasteiger partial charge on any atom is -0.352 e. The number of sulfonamides is 1. The molecule has 4 aromatic carbocycles. The summed E-state index contributed by atoms with van der Waals surface area (Å²) in [7, 11) is -4.18. The van der Waals surface area contributed by atoms with Crippen molar-refractivity contribution in [3.8, 4) is 0 Å². The second kappa shape index (κ2) is 15.4. The van der Waals surface area contributed by atoms with Gasteiger partial charge >= 0.3 is 0 Å². The van der Waals surface area contributed by atoms with Crippen molar-refractivity contribution >= 4 is 39.1 Å². The SMILES string of the molecule is CCC(C)NC(=O)C(Cc1ccccc1)N(Cc1ccccc1Cl)C(=O)CN(c1ccc(C)cc1C)S(=O)(=O)c1ccc(C)cc1. The summed E-state index contributed by atoms with van der Waals surface area (Å²) < 4.78 is 29.7. The third-order valence-electron chi connectivity index (χ3n) is 8.08. The zero-order chi connectivity index (χ0) is 33.4. The molecule has 2 atom stereocenters. The summed E-state index contributed by atoms with van der Waals surface area (Å²) in [6, 6.07) is 27.5. The zero-order valence-corrected chi connectivity index (χ0v) is 28.6. The van der Waals surface area contributed by atoms with E-state index in [2.05, 4.69) is 5.32 Å². The first-order valence-electron chi connectivity index (χ1n) is 15.4.